The summed E-state index contributed by atoms with van der Waals surface area (Å²) < 4.78 is 0. The number of nitrogens with one attached hydrogen (secondary N) is 1. The molecule has 0 radical (unpaired) electrons. The van der Waals surface area contributed by atoms with E-state index in [1.807, 2.05) is 39.8 Å². The Bertz CT molecular complexity index is 383. The molecule has 0 atom stereocenters. The Hall–Kier alpha value is -1.51. The normalized spacial score (nSPS) is 10.5. The summed E-state index contributed by atoms with van der Waals surface area (Å²) in [5.41, 5.74) is 9.38. The molecule has 0 aliphatic rings. The van der Waals surface area contributed by atoms with E-state index in [9.17, 15) is 4.79 Å². The van der Waals surface area contributed by atoms with Crippen LogP contribution < -0.4 is 11.1 Å². The van der Waals surface area contributed by atoms with Gasteiger partial charge in [-0.25, -0.2) is 0 Å². The first-order valence-corrected chi connectivity index (χ1v) is 5.09. The molecule has 0 aliphatic carbocycles. The van der Waals surface area contributed by atoms with E-state index in [-0.39, 0.29) is 11.8 Å². The fourth-order valence-electron chi connectivity index (χ4n) is 1.28. The van der Waals surface area contributed by atoms with Gasteiger partial charge in [-0.2, -0.15) is 0 Å². The average Bonchev–Trinajstić information content (AvgIpc) is 2.13. The van der Waals surface area contributed by atoms with E-state index >= 15 is 0 Å². The summed E-state index contributed by atoms with van der Waals surface area (Å²) >= 11 is 0. The SMILES string of the molecule is Cc1cc(C)c(NC(=O)C(C)C)cc1N. The van der Waals surface area contributed by atoms with Crippen molar-refractivity contribution in [1.82, 2.24) is 0 Å². The van der Waals surface area contributed by atoms with Crippen molar-refractivity contribution >= 4 is 17.3 Å². The molecule has 1 aromatic rings. The highest BCUT2D eigenvalue weighted by atomic mass is 16.1. The Kier molecular flexibility index (Phi) is 3.35. The molecular weight excluding hydrogens is 188 g/mol. The summed E-state index contributed by atoms with van der Waals surface area (Å²) in [4.78, 5) is 11.5. The number of rotatable bonds is 2. The van der Waals surface area contributed by atoms with E-state index in [2.05, 4.69) is 5.32 Å². The molecule has 3 nitrogen and oxygen atoms in total. The highest BCUT2D eigenvalue weighted by Gasteiger charge is 2.09. The first-order chi connectivity index (χ1) is 6.91. The monoisotopic (exact) mass is 206 g/mol. The second kappa shape index (κ2) is 4.34. The van der Waals surface area contributed by atoms with Crippen LogP contribution in [-0.4, -0.2) is 5.91 Å². The number of carbonyl (C=O) groups excluding carboxylic acids is 1. The van der Waals surface area contributed by atoms with Gasteiger partial charge in [0.1, 0.15) is 0 Å². The maximum Gasteiger partial charge on any atom is 0.226 e. The fraction of sp³-hybridized carbons (Fsp3) is 0.417. The Morgan fingerprint density at radius 1 is 1.27 bits per heavy atom. The number of aryl methyl sites for hydroxylation is 2. The lowest BCUT2D eigenvalue weighted by molar-refractivity contribution is -0.118. The lowest BCUT2D eigenvalue weighted by Crippen LogP contribution is -2.18. The first-order valence-electron chi connectivity index (χ1n) is 5.09. The minimum absolute atomic E-state index is 0.0151. The zero-order chi connectivity index (χ0) is 11.6. The number of carbonyl (C=O) groups is 1. The third-order valence-electron chi connectivity index (χ3n) is 2.40. The van der Waals surface area contributed by atoms with Crippen LogP contribution in [0.2, 0.25) is 0 Å². The van der Waals surface area contributed by atoms with Gasteiger partial charge in [-0.15, -0.1) is 0 Å². The highest BCUT2D eigenvalue weighted by molar-refractivity contribution is 5.93. The van der Waals surface area contributed by atoms with Crippen molar-refractivity contribution in [2.24, 2.45) is 5.92 Å². The summed E-state index contributed by atoms with van der Waals surface area (Å²) in [6, 6.07) is 3.79. The van der Waals surface area contributed by atoms with Gasteiger partial charge in [0.25, 0.3) is 0 Å². The molecule has 0 saturated carbocycles. The van der Waals surface area contributed by atoms with Gasteiger partial charge in [0.2, 0.25) is 5.91 Å². The topological polar surface area (TPSA) is 55.1 Å². The van der Waals surface area contributed by atoms with Gasteiger partial charge in [0, 0.05) is 17.3 Å². The van der Waals surface area contributed by atoms with Crippen molar-refractivity contribution in [3.05, 3.63) is 23.3 Å². The Morgan fingerprint density at radius 2 is 1.87 bits per heavy atom. The molecule has 15 heavy (non-hydrogen) atoms. The molecule has 0 fully saturated rings. The van der Waals surface area contributed by atoms with Crippen LogP contribution in [0.15, 0.2) is 12.1 Å². The van der Waals surface area contributed by atoms with Crippen LogP contribution in [0.4, 0.5) is 11.4 Å². The minimum atomic E-state index is -0.0214. The van der Waals surface area contributed by atoms with E-state index in [4.69, 9.17) is 5.73 Å². The zero-order valence-corrected chi connectivity index (χ0v) is 9.72. The van der Waals surface area contributed by atoms with Gasteiger partial charge in [0.15, 0.2) is 0 Å². The number of nitrogen functional groups attached to an aromatic ring is 1. The molecule has 0 unspecified atom stereocenters. The molecule has 0 spiro atoms. The third kappa shape index (κ3) is 2.72. The van der Waals surface area contributed by atoms with Crippen LogP contribution in [0, 0.1) is 19.8 Å². The van der Waals surface area contributed by atoms with Gasteiger partial charge < -0.3 is 11.1 Å². The zero-order valence-electron chi connectivity index (χ0n) is 9.72. The molecule has 1 rings (SSSR count). The summed E-state index contributed by atoms with van der Waals surface area (Å²) in [7, 11) is 0. The standard InChI is InChI=1S/C12H18N2O/c1-7(2)12(15)14-11-6-10(13)8(3)5-9(11)4/h5-7H,13H2,1-4H3,(H,14,15). The Morgan fingerprint density at radius 3 is 2.40 bits per heavy atom. The lowest BCUT2D eigenvalue weighted by Gasteiger charge is -2.12. The number of hydrogen-bond donors (Lipinski definition) is 2. The second-order valence-electron chi connectivity index (χ2n) is 4.17. The average molecular weight is 206 g/mol. The van der Waals surface area contributed by atoms with E-state index < -0.39 is 0 Å². The Balaban J connectivity index is 2.96. The number of anilines is 2. The first kappa shape index (κ1) is 11.6. The fourth-order valence-corrected chi connectivity index (χ4v) is 1.28. The molecule has 0 bridgehead atoms. The van der Waals surface area contributed by atoms with Crippen molar-refractivity contribution in [3.63, 3.8) is 0 Å². The van der Waals surface area contributed by atoms with Crippen LogP contribution >= 0.6 is 0 Å². The molecule has 3 heteroatoms. The minimum Gasteiger partial charge on any atom is -0.398 e. The molecule has 1 aromatic carbocycles. The van der Waals surface area contributed by atoms with Gasteiger partial charge in [-0.1, -0.05) is 19.9 Å². The lowest BCUT2D eigenvalue weighted by atomic mass is 10.1. The number of benzene rings is 1. The second-order valence-corrected chi connectivity index (χ2v) is 4.17. The largest absolute Gasteiger partial charge is 0.398 e. The molecule has 82 valence electrons. The summed E-state index contributed by atoms with van der Waals surface area (Å²) in [6.07, 6.45) is 0. The maximum absolute atomic E-state index is 11.5. The highest BCUT2D eigenvalue weighted by Crippen LogP contribution is 2.22. The smallest absolute Gasteiger partial charge is 0.226 e. The number of nitrogens with two attached hydrogens (primary N) is 1. The summed E-state index contributed by atoms with van der Waals surface area (Å²) in [5, 5.41) is 2.86. The van der Waals surface area contributed by atoms with E-state index in [1.54, 1.807) is 0 Å². The molecule has 1 amide bonds. The van der Waals surface area contributed by atoms with Crippen LogP contribution in [0.5, 0.6) is 0 Å². The summed E-state index contributed by atoms with van der Waals surface area (Å²) in [5.74, 6) is -0.00622. The molecular formula is C12H18N2O. The van der Waals surface area contributed by atoms with Crippen molar-refractivity contribution in [3.8, 4) is 0 Å². The quantitative estimate of drug-likeness (QED) is 0.730. The summed E-state index contributed by atoms with van der Waals surface area (Å²) in [6.45, 7) is 7.64. The molecule has 0 aliphatic heterocycles. The number of amides is 1. The van der Waals surface area contributed by atoms with Crippen molar-refractivity contribution in [1.29, 1.82) is 0 Å². The van der Waals surface area contributed by atoms with Gasteiger partial charge in [0.05, 0.1) is 0 Å². The molecule has 0 aromatic heterocycles. The van der Waals surface area contributed by atoms with E-state index in [0.29, 0.717) is 5.69 Å². The van der Waals surface area contributed by atoms with E-state index in [0.717, 1.165) is 16.8 Å². The predicted molar refractivity (Wildman–Crippen MR) is 63.8 cm³/mol. The predicted octanol–water partition coefficient (Wildman–Crippen LogP) is 2.48. The van der Waals surface area contributed by atoms with Gasteiger partial charge in [-0.05, 0) is 31.0 Å². The Labute approximate surface area is 90.7 Å². The number of hydrogen-bond acceptors (Lipinski definition) is 2. The van der Waals surface area contributed by atoms with Crippen molar-refractivity contribution in [2.45, 2.75) is 27.7 Å². The van der Waals surface area contributed by atoms with Crippen LogP contribution in [0.1, 0.15) is 25.0 Å². The molecule has 0 saturated heterocycles. The molecule has 3 N–H and O–H groups in total. The van der Waals surface area contributed by atoms with Crippen molar-refractivity contribution in [2.75, 3.05) is 11.1 Å². The van der Waals surface area contributed by atoms with Crippen LogP contribution in [0.25, 0.3) is 0 Å². The van der Waals surface area contributed by atoms with Gasteiger partial charge in [-0.3, -0.25) is 4.79 Å². The van der Waals surface area contributed by atoms with Crippen LogP contribution in [0.3, 0.4) is 0 Å². The van der Waals surface area contributed by atoms with Crippen LogP contribution in [-0.2, 0) is 4.79 Å². The van der Waals surface area contributed by atoms with Crippen molar-refractivity contribution < 1.29 is 4.79 Å². The third-order valence-corrected chi connectivity index (χ3v) is 2.40. The maximum atomic E-state index is 11.5. The van der Waals surface area contributed by atoms with E-state index in [1.165, 1.54) is 0 Å². The molecule has 0 heterocycles. The van der Waals surface area contributed by atoms with Gasteiger partial charge >= 0.3 is 0 Å².